The second kappa shape index (κ2) is 12.0. The minimum atomic E-state index is -0.250. The molecule has 1 aromatic heterocycles. The van der Waals surface area contributed by atoms with Gasteiger partial charge >= 0.3 is 0 Å². The first-order valence-electron chi connectivity index (χ1n) is 12.9. The molecule has 202 valence electrons. The second-order valence-electron chi connectivity index (χ2n) is 9.74. The van der Waals surface area contributed by atoms with Crippen molar-refractivity contribution in [2.24, 2.45) is 16.5 Å². The molecular formula is C28H37N7O3. The largest absolute Gasteiger partial charge is 0.493 e. The van der Waals surface area contributed by atoms with E-state index in [1.807, 2.05) is 43.3 Å². The maximum absolute atomic E-state index is 13.4. The zero-order valence-electron chi connectivity index (χ0n) is 22.5. The van der Waals surface area contributed by atoms with Gasteiger partial charge in [0.1, 0.15) is 5.82 Å². The van der Waals surface area contributed by atoms with Gasteiger partial charge in [0, 0.05) is 19.0 Å². The molecule has 3 aromatic rings. The second-order valence-corrected chi connectivity index (χ2v) is 9.74. The molecule has 1 aliphatic rings. The summed E-state index contributed by atoms with van der Waals surface area (Å²) in [5.74, 6) is 1.93. The van der Waals surface area contributed by atoms with Crippen LogP contribution in [0, 0.1) is 6.92 Å². The zero-order valence-corrected chi connectivity index (χ0v) is 22.5. The average molecular weight is 520 g/mol. The van der Waals surface area contributed by atoms with Gasteiger partial charge in [-0.1, -0.05) is 30.5 Å². The van der Waals surface area contributed by atoms with Crippen molar-refractivity contribution in [1.82, 2.24) is 14.9 Å². The van der Waals surface area contributed by atoms with E-state index < -0.39 is 0 Å². The van der Waals surface area contributed by atoms with Crippen LogP contribution in [0.25, 0.3) is 10.9 Å². The summed E-state index contributed by atoms with van der Waals surface area (Å²) in [4.78, 5) is 28.8. The number of carbonyl (C=O) groups excluding carboxylic acids is 1. The number of aromatic nitrogens is 2. The van der Waals surface area contributed by atoms with Crippen molar-refractivity contribution in [3.8, 4) is 11.5 Å². The lowest BCUT2D eigenvalue weighted by atomic mass is 9.90. The number of benzene rings is 2. The van der Waals surface area contributed by atoms with E-state index in [9.17, 15) is 4.79 Å². The summed E-state index contributed by atoms with van der Waals surface area (Å²) in [7, 11) is 4.97. The number of aryl methyl sites for hydroxylation is 1. The van der Waals surface area contributed by atoms with E-state index in [4.69, 9.17) is 25.9 Å². The number of likely N-dealkylation sites (N-methyl/N-ethyl adjacent to an activating group) is 1. The third-order valence-electron chi connectivity index (χ3n) is 6.94. The number of amides is 1. The lowest BCUT2D eigenvalue weighted by Gasteiger charge is -2.30. The maximum atomic E-state index is 13.4. The number of nitrogens with one attached hydrogen (secondary N) is 1. The number of rotatable bonds is 9. The molecule has 38 heavy (non-hydrogen) atoms. The Kier molecular flexibility index (Phi) is 8.50. The van der Waals surface area contributed by atoms with Crippen LogP contribution in [-0.2, 0) is 6.42 Å². The van der Waals surface area contributed by atoms with Crippen LogP contribution in [0.3, 0.4) is 0 Å². The van der Waals surface area contributed by atoms with Crippen LogP contribution in [0.1, 0.15) is 47.4 Å². The highest BCUT2D eigenvalue weighted by Gasteiger charge is 2.27. The van der Waals surface area contributed by atoms with Crippen LogP contribution in [0.5, 0.6) is 11.5 Å². The summed E-state index contributed by atoms with van der Waals surface area (Å²) in [5, 5.41) is 4.42. The molecule has 2 unspecified atom stereocenters. The monoisotopic (exact) mass is 519 g/mol. The van der Waals surface area contributed by atoms with E-state index in [0.717, 1.165) is 42.2 Å². The normalized spacial score (nSPS) is 17.1. The highest BCUT2D eigenvalue weighted by atomic mass is 16.5. The van der Waals surface area contributed by atoms with Gasteiger partial charge < -0.3 is 31.2 Å². The molecule has 0 bridgehead atoms. The Balaban J connectivity index is 1.57. The number of fused-ring (bicyclic) bond motifs is 1. The molecule has 1 saturated carbocycles. The van der Waals surface area contributed by atoms with Crippen molar-refractivity contribution in [2.45, 2.75) is 51.1 Å². The average Bonchev–Trinajstić information content (AvgIpc) is 2.91. The molecular weight excluding hydrogens is 482 g/mol. The number of nitrogens with zero attached hydrogens (tertiary/aromatic N) is 4. The Bertz CT molecular complexity index is 1320. The van der Waals surface area contributed by atoms with Crippen molar-refractivity contribution in [1.29, 1.82) is 0 Å². The van der Waals surface area contributed by atoms with Crippen molar-refractivity contribution < 1.29 is 14.3 Å². The van der Waals surface area contributed by atoms with Crippen LogP contribution in [0.2, 0.25) is 0 Å². The molecule has 1 amide bonds. The Morgan fingerprint density at radius 2 is 1.84 bits per heavy atom. The molecule has 1 heterocycles. The van der Waals surface area contributed by atoms with Crippen molar-refractivity contribution in [3.63, 3.8) is 0 Å². The lowest BCUT2D eigenvalue weighted by molar-refractivity contribution is 0.0785. The maximum Gasteiger partial charge on any atom is 0.291 e. The van der Waals surface area contributed by atoms with Gasteiger partial charge in [-0.05, 0) is 56.0 Å². The van der Waals surface area contributed by atoms with Gasteiger partial charge in [0.05, 0.1) is 31.8 Å². The number of aliphatic imine (C=N–C) groups is 1. The van der Waals surface area contributed by atoms with Crippen LogP contribution in [0.15, 0.2) is 41.4 Å². The first-order chi connectivity index (χ1) is 18.3. The molecule has 4 rings (SSSR count). The minimum absolute atomic E-state index is 0.00944. The highest BCUT2D eigenvalue weighted by molar-refractivity contribution is 5.96. The van der Waals surface area contributed by atoms with Crippen molar-refractivity contribution >= 4 is 28.6 Å². The summed E-state index contributed by atoms with van der Waals surface area (Å²) >= 11 is 0. The Morgan fingerprint density at radius 3 is 2.58 bits per heavy atom. The van der Waals surface area contributed by atoms with Crippen LogP contribution in [-0.4, -0.2) is 66.6 Å². The molecule has 2 atom stereocenters. The predicted octanol–water partition coefficient (Wildman–Crippen LogP) is 3.27. The van der Waals surface area contributed by atoms with Gasteiger partial charge in [-0.15, -0.1) is 0 Å². The van der Waals surface area contributed by atoms with Gasteiger partial charge in [0.25, 0.3) is 5.91 Å². The fraction of sp³-hybridized carbons (Fsp3) is 0.429. The topological polar surface area (TPSA) is 141 Å². The zero-order chi connectivity index (χ0) is 27.2. The molecule has 1 aliphatic carbocycles. The molecule has 10 nitrogen and oxygen atoms in total. The first kappa shape index (κ1) is 27.0. The Morgan fingerprint density at radius 1 is 1.08 bits per heavy atom. The van der Waals surface area contributed by atoms with Gasteiger partial charge in [-0.2, -0.15) is 0 Å². The van der Waals surface area contributed by atoms with Crippen molar-refractivity contribution in [2.75, 3.05) is 33.1 Å². The van der Waals surface area contributed by atoms with Gasteiger partial charge in [-0.25, -0.2) is 15.0 Å². The molecule has 1 fully saturated rings. The molecule has 2 aromatic carbocycles. The van der Waals surface area contributed by atoms with Crippen LogP contribution >= 0.6 is 0 Å². The molecule has 0 radical (unpaired) electrons. The van der Waals surface area contributed by atoms with E-state index >= 15 is 0 Å². The fourth-order valence-electron chi connectivity index (χ4n) is 4.85. The van der Waals surface area contributed by atoms with Crippen molar-refractivity contribution in [3.05, 3.63) is 53.3 Å². The molecule has 0 spiro atoms. The quantitative estimate of drug-likeness (QED) is 0.289. The summed E-state index contributed by atoms with van der Waals surface area (Å²) in [6, 6.07) is 11.7. The smallest absolute Gasteiger partial charge is 0.291 e. The Labute approximate surface area is 223 Å². The number of nitrogens with two attached hydrogens (primary N) is 2. The lowest BCUT2D eigenvalue weighted by Crippen LogP contribution is -2.38. The SMILES string of the molecule is COc1ccc(CCN(C)C(=O)c2nc(NC3CCCCC3N=C(N)N)c3cc(C)ccc3n2)cc1OC. The molecule has 5 N–H and O–H groups in total. The fourth-order valence-corrected chi connectivity index (χ4v) is 4.85. The van der Waals surface area contributed by atoms with Crippen LogP contribution in [0.4, 0.5) is 5.82 Å². The number of guanidine groups is 1. The summed E-state index contributed by atoms with van der Waals surface area (Å²) in [6.45, 7) is 2.51. The highest BCUT2D eigenvalue weighted by Crippen LogP contribution is 2.29. The van der Waals surface area contributed by atoms with Gasteiger partial charge in [-0.3, -0.25) is 4.79 Å². The molecule has 0 saturated heterocycles. The molecule has 10 heteroatoms. The van der Waals surface area contributed by atoms with Crippen LogP contribution < -0.4 is 26.3 Å². The number of anilines is 1. The number of carbonyl (C=O) groups is 1. The Hall–Kier alpha value is -4.08. The summed E-state index contributed by atoms with van der Waals surface area (Å²) in [6.07, 6.45) is 4.58. The van der Waals surface area contributed by atoms with E-state index in [2.05, 4.69) is 15.3 Å². The number of ether oxygens (including phenoxy) is 2. The van der Waals surface area contributed by atoms with E-state index in [1.165, 1.54) is 0 Å². The van der Waals surface area contributed by atoms with E-state index in [1.54, 1.807) is 26.2 Å². The van der Waals surface area contributed by atoms with Gasteiger partial charge in [0.2, 0.25) is 5.82 Å². The number of methoxy groups -OCH3 is 2. The minimum Gasteiger partial charge on any atom is -0.493 e. The number of hydrogen-bond acceptors (Lipinski definition) is 7. The third kappa shape index (κ3) is 6.24. The van der Waals surface area contributed by atoms with Gasteiger partial charge in [0.15, 0.2) is 17.5 Å². The third-order valence-corrected chi connectivity index (χ3v) is 6.94. The first-order valence-corrected chi connectivity index (χ1v) is 12.9. The number of hydrogen-bond donors (Lipinski definition) is 3. The summed E-state index contributed by atoms with van der Waals surface area (Å²) < 4.78 is 10.7. The van der Waals surface area contributed by atoms with E-state index in [-0.39, 0.29) is 29.8 Å². The standard InChI is InChI=1S/C28H37N7O3/c1-17-9-11-20-19(15-17)25(32-21-7-5-6-8-22(21)33-28(29)30)34-26(31-20)27(36)35(2)14-13-18-10-12-23(37-3)24(16-18)38-4/h9-12,15-16,21-22H,5-8,13-14H2,1-4H3,(H4,29,30,33)(H,31,32,34). The van der Waals surface area contributed by atoms with E-state index in [0.29, 0.717) is 35.8 Å². The predicted molar refractivity (Wildman–Crippen MR) is 150 cm³/mol. The summed E-state index contributed by atoms with van der Waals surface area (Å²) in [5.41, 5.74) is 14.2. The molecule has 0 aliphatic heterocycles.